The molecule has 0 saturated heterocycles. The van der Waals surface area contributed by atoms with E-state index in [4.69, 9.17) is 10.9 Å². The molecule has 2 rings (SSSR count). The number of aliphatic hydroxyl groups excluding tert-OH is 1. The first-order valence-electron chi connectivity index (χ1n) is 7.08. The minimum Gasteiger partial charge on any atom is -0.396 e. The lowest BCUT2D eigenvalue weighted by Gasteiger charge is -2.40. The molecule has 7 heteroatoms. The van der Waals surface area contributed by atoms with Crippen LogP contribution in [-0.4, -0.2) is 25.7 Å². The van der Waals surface area contributed by atoms with Crippen LogP contribution in [0.4, 0.5) is 11.4 Å². The maximum atomic E-state index is 11.5. The van der Waals surface area contributed by atoms with Gasteiger partial charge < -0.3 is 16.2 Å². The van der Waals surface area contributed by atoms with Gasteiger partial charge in [-0.05, 0) is 30.9 Å². The second-order valence-electron chi connectivity index (χ2n) is 6.03. The van der Waals surface area contributed by atoms with Gasteiger partial charge in [0.2, 0.25) is 10.0 Å². The number of hydrogen-bond donors (Lipinski definition) is 4. The quantitative estimate of drug-likeness (QED) is 0.624. The first kappa shape index (κ1) is 16.1. The molecule has 0 aliphatic heterocycles. The molecule has 6 nitrogen and oxygen atoms in total. The number of rotatable bonds is 4. The highest BCUT2D eigenvalue weighted by Crippen LogP contribution is 2.37. The van der Waals surface area contributed by atoms with Gasteiger partial charge in [-0.15, -0.1) is 0 Å². The number of sulfonamides is 1. The predicted molar refractivity (Wildman–Crippen MR) is 83.3 cm³/mol. The number of hydrogen-bond acceptors (Lipinski definition) is 5. The zero-order chi connectivity index (χ0) is 15.7. The summed E-state index contributed by atoms with van der Waals surface area (Å²) in [6.07, 6.45) is 3.80. The predicted octanol–water partition coefficient (Wildman–Crippen LogP) is 1.27. The van der Waals surface area contributed by atoms with E-state index in [-0.39, 0.29) is 17.2 Å². The Morgan fingerprint density at radius 3 is 2.76 bits per heavy atom. The highest BCUT2D eigenvalue weighted by atomic mass is 32.2. The van der Waals surface area contributed by atoms with Crippen molar-refractivity contribution in [3.63, 3.8) is 0 Å². The van der Waals surface area contributed by atoms with Crippen LogP contribution >= 0.6 is 0 Å². The lowest BCUT2D eigenvalue weighted by molar-refractivity contribution is 0.149. The van der Waals surface area contributed by atoms with Gasteiger partial charge in [0.1, 0.15) is 4.90 Å². The van der Waals surface area contributed by atoms with Gasteiger partial charge in [-0.2, -0.15) is 0 Å². The third kappa shape index (κ3) is 3.48. The molecule has 1 saturated carbocycles. The number of primary sulfonamides is 1. The first-order valence-corrected chi connectivity index (χ1v) is 8.62. The van der Waals surface area contributed by atoms with Crippen molar-refractivity contribution in [1.82, 2.24) is 0 Å². The molecule has 6 N–H and O–H groups in total. The Morgan fingerprint density at radius 1 is 1.48 bits per heavy atom. The molecule has 1 aromatic rings. The molecule has 1 aromatic carbocycles. The topological polar surface area (TPSA) is 118 Å². The number of anilines is 2. The van der Waals surface area contributed by atoms with Gasteiger partial charge in [0.25, 0.3) is 0 Å². The highest BCUT2D eigenvalue weighted by molar-refractivity contribution is 7.89. The van der Waals surface area contributed by atoms with E-state index in [1.165, 1.54) is 6.07 Å². The smallest absolute Gasteiger partial charge is 0.240 e. The molecule has 21 heavy (non-hydrogen) atoms. The monoisotopic (exact) mass is 313 g/mol. The summed E-state index contributed by atoms with van der Waals surface area (Å²) in [5.41, 5.74) is 6.08. The summed E-state index contributed by atoms with van der Waals surface area (Å²) in [6.45, 7) is 2.13. The third-order valence-electron chi connectivity index (χ3n) is 4.17. The molecule has 0 amide bonds. The Kier molecular flexibility index (Phi) is 4.46. The lowest BCUT2D eigenvalue weighted by atomic mass is 9.76. The molecular formula is C14H23N3O3S. The van der Waals surface area contributed by atoms with Gasteiger partial charge in [0, 0.05) is 0 Å². The molecule has 2 atom stereocenters. The Hall–Kier alpha value is -1.31. The number of nitrogens with two attached hydrogens (primary N) is 2. The van der Waals surface area contributed by atoms with Gasteiger partial charge in [-0.1, -0.05) is 25.8 Å². The summed E-state index contributed by atoms with van der Waals surface area (Å²) in [6, 6.07) is 4.68. The number of nitrogen functional groups attached to an aromatic ring is 1. The molecule has 1 fully saturated rings. The van der Waals surface area contributed by atoms with Crippen LogP contribution in [0.3, 0.4) is 0 Å². The third-order valence-corrected chi connectivity index (χ3v) is 5.14. The molecule has 1 aliphatic carbocycles. The van der Waals surface area contributed by atoms with Crippen LogP contribution in [0.1, 0.15) is 32.6 Å². The van der Waals surface area contributed by atoms with E-state index in [9.17, 15) is 13.5 Å². The van der Waals surface area contributed by atoms with E-state index < -0.39 is 15.6 Å². The molecule has 0 heterocycles. The molecule has 118 valence electrons. The number of aliphatic hydroxyl groups is 1. The summed E-state index contributed by atoms with van der Waals surface area (Å²) in [5, 5.41) is 18.2. The second-order valence-corrected chi connectivity index (χ2v) is 7.56. The van der Waals surface area contributed by atoms with Crippen LogP contribution in [0, 0.1) is 5.92 Å². The Balaban J connectivity index is 2.34. The van der Waals surface area contributed by atoms with Crippen LogP contribution in [0.25, 0.3) is 0 Å². The van der Waals surface area contributed by atoms with Crippen molar-refractivity contribution in [2.24, 2.45) is 11.1 Å². The van der Waals surface area contributed by atoms with E-state index in [2.05, 4.69) is 12.2 Å². The number of nitrogens with one attached hydrogen (secondary N) is 1. The summed E-state index contributed by atoms with van der Waals surface area (Å²) < 4.78 is 23.0. The minimum atomic E-state index is -3.86. The molecule has 0 aromatic heterocycles. The molecule has 1 aliphatic rings. The van der Waals surface area contributed by atoms with Crippen molar-refractivity contribution in [3.8, 4) is 0 Å². The van der Waals surface area contributed by atoms with E-state index >= 15 is 0 Å². The van der Waals surface area contributed by atoms with Gasteiger partial charge >= 0.3 is 0 Å². The Labute approximate surface area is 125 Å². The van der Waals surface area contributed by atoms with E-state index in [1.807, 2.05) is 0 Å². The number of para-hydroxylation sites is 1. The van der Waals surface area contributed by atoms with Gasteiger partial charge in [0.15, 0.2) is 0 Å². The van der Waals surface area contributed by atoms with Crippen molar-refractivity contribution in [1.29, 1.82) is 0 Å². The normalized spacial score (nSPS) is 26.5. The standard InChI is InChI=1S/C14H23N3O3S/c1-10-4-3-7-14(8-10,9-18)17-11-5-2-6-12(13(11)15)21(16,19)20/h2,5-6,10,17-18H,3-4,7-9,15H2,1H3,(H2,16,19,20). The highest BCUT2D eigenvalue weighted by Gasteiger charge is 2.35. The maximum absolute atomic E-state index is 11.5. The van der Waals surface area contributed by atoms with Crippen molar-refractivity contribution in [2.75, 3.05) is 17.7 Å². The summed E-state index contributed by atoms with van der Waals surface area (Å²) in [4.78, 5) is -0.0931. The van der Waals surface area contributed by atoms with Crippen LogP contribution < -0.4 is 16.2 Å². The summed E-state index contributed by atoms with van der Waals surface area (Å²) in [5.74, 6) is 0.501. The fraction of sp³-hybridized carbons (Fsp3) is 0.571. The molecule has 2 unspecified atom stereocenters. The van der Waals surface area contributed by atoms with Crippen molar-refractivity contribution in [2.45, 2.75) is 43.0 Å². The van der Waals surface area contributed by atoms with Crippen molar-refractivity contribution in [3.05, 3.63) is 18.2 Å². The largest absolute Gasteiger partial charge is 0.396 e. The fourth-order valence-electron chi connectivity index (χ4n) is 3.14. The van der Waals surface area contributed by atoms with Crippen molar-refractivity contribution >= 4 is 21.4 Å². The number of benzene rings is 1. The Bertz CT molecular complexity index is 618. The summed E-state index contributed by atoms with van der Waals surface area (Å²) in [7, 11) is -3.86. The van der Waals surface area contributed by atoms with Crippen LogP contribution in [0.5, 0.6) is 0 Å². The first-order chi connectivity index (χ1) is 9.77. The van der Waals surface area contributed by atoms with Gasteiger partial charge in [-0.3, -0.25) is 0 Å². The lowest BCUT2D eigenvalue weighted by Crippen LogP contribution is -2.46. The SMILES string of the molecule is CC1CCCC(CO)(Nc2cccc(S(N)(=O)=O)c2N)C1. The fourth-order valence-corrected chi connectivity index (χ4v) is 3.83. The summed E-state index contributed by atoms with van der Waals surface area (Å²) >= 11 is 0. The molecule has 0 spiro atoms. The van der Waals surface area contributed by atoms with Crippen LogP contribution in [0.2, 0.25) is 0 Å². The maximum Gasteiger partial charge on any atom is 0.240 e. The van der Waals surface area contributed by atoms with E-state index in [0.29, 0.717) is 11.6 Å². The molecular weight excluding hydrogens is 290 g/mol. The Morgan fingerprint density at radius 2 is 2.19 bits per heavy atom. The molecule has 0 bridgehead atoms. The van der Waals surface area contributed by atoms with Crippen LogP contribution in [0.15, 0.2) is 23.1 Å². The molecule has 0 radical (unpaired) electrons. The zero-order valence-electron chi connectivity index (χ0n) is 12.2. The van der Waals surface area contributed by atoms with Crippen molar-refractivity contribution < 1.29 is 13.5 Å². The van der Waals surface area contributed by atoms with Gasteiger partial charge in [0.05, 0.1) is 23.5 Å². The zero-order valence-corrected chi connectivity index (χ0v) is 13.0. The average molecular weight is 313 g/mol. The van der Waals surface area contributed by atoms with E-state index in [0.717, 1.165) is 25.7 Å². The van der Waals surface area contributed by atoms with E-state index in [1.54, 1.807) is 12.1 Å². The average Bonchev–Trinajstić information content (AvgIpc) is 2.40. The minimum absolute atomic E-state index is 0.0175. The second kappa shape index (κ2) is 5.82. The van der Waals surface area contributed by atoms with Crippen LogP contribution in [-0.2, 0) is 10.0 Å². The van der Waals surface area contributed by atoms with Gasteiger partial charge in [-0.25, -0.2) is 13.6 Å².